The zero-order valence-electron chi connectivity index (χ0n) is 13.0. The molecule has 0 saturated carbocycles. The Morgan fingerprint density at radius 1 is 1.14 bits per heavy atom. The van der Waals surface area contributed by atoms with Gasteiger partial charge in [0.15, 0.2) is 0 Å². The Kier molecular flexibility index (Phi) is 3.77. The minimum atomic E-state index is -3.14. The summed E-state index contributed by atoms with van der Waals surface area (Å²) < 4.78 is 24.9. The number of piperidine rings is 1. The van der Waals surface area contributed by atoms with Crippen molar-refractivity contribution in [3.63, 3.8) is 0 Å². The predicted octanol–water partition coefficient (Wildman–Crippen LogP) is 1.43. The zero-order valence-corrected chi connectivity index (χ0v) is 13.8. The Balaban J connectivity index is 1.81. The molecule has 5 nitrogen and oxygen atoms in total. The maximum absolute atomic E-state index is 12.7. The van der Waals surface area contributed by atoms with E-state index in [-0.39, 0.29) is 17.4 Å². The molecular formula is C16H22N2O3S. The SMILES string of the molecule is CN1C(=O)[C@H](c2ccccc2)CC12CCN(S(C)(=O)=O)CC2. The lowest BCUT2D eigenvalue weighted by atomic mass is 9.82. The molecule has 3 rings (SSSR count). The maximum atomic E-state index is 12.7. The van der Waals surface area contributed by atoms with Crippen molar-refractivity contribution in [1.29, 1.82) is 0 Å². The van der Waals surface area contributed by atoms with Crippen LogP contribution in [0.5, 0.6) is 0 Å². The summed E-state index contributed by atoms with van der Waals surface area (Å²) in [7, 11) is -1.28. The summed E-state index contributed by atoms with van der Waals surface area (Å²) in [6.07, 6.45) is 3.46. The van der Waals surface area contributed by atoms with Crippen molar-refractivity contribution in [1.82, 2.24) is 9.21 Å². The van der Waals surface area contributed by atoms with Gasteiger partial charge in [-0.2, -0.15) is 0 Å². The number of likely N-dealkylation sites (N-methyl/N-ethyl adjacent to an activating group) is 1. The summed E-state index contributed by atoms with van der Waals surface area (Å²) >= 11 is 0. The van der Waals surface area contributed by atoms with Crippen LogP contribution in [0.25, 0.3) is 0 Å². The summed E-state index contributed by atoms with van der Waals surface area (Å²) in [6, 6.07) is 9.87. The largest absolute Gasteiger partial charge is 0.339 e. The number of rotatable bonds is 2. The first-order valence-electron chi connectivity index (χ1n) is 7.61. The van der Waals surface area contributed by atoms with Gasteiger partial charge in [0.25, 0.3) is 0 Å². The Morgan fingerprint density at radius 2 is 1.73 bits per heavy atom. The van der Waals surface area contributed by atoms with E-state index in [1.165, 1.54) is 10.6 Å². The molecule has 0 bridgehead atoms. The molecule has 2 fully saturated rings. The summed E-state index contributed by atoms with van der Waals surface area (Å²) in [5, 5.41) is 0. The fourth-order valence-electron chi connectivity index (χ4n) is 3.79. The Bertz CT molecular complexity index is 664. The highest BCUT2D eigenvalue weighted by Crippen LogP contribution is 2.45. The first-order chi connectivity index (χ1) is 10.3. The normalized spacial score (nSPS) is 25.8. The molecule has 0 aliphatic carbocycles. The highest BCUT2D eigenvalue weighted by molar-refractivity contribution is 7.88. The molecule has 2 aliphatic rings. The van der Waals surface area contributed by atoms with Gasteiger partial charge in [0, 0.05) is 25.7 Å². The van der Waals surface area contributed by atoms with Crippen LogP contribution in [0.3, 0.4) is 0 Å². The standard InChI is InChI=1S/C16H22N2O3S/c1-17-15(19)14(13-6-4-3-5-7-13)12-16(17)8-10-18(11-9-16)22(2,20)21/h3-7,14H,8-12H2,1-2H3/t14-/m0/s1. The zero-order chi connectivity index (χ0) is 16.0. The van der Waals surface area contributed by atoms with E-state index >= 15 is 0 Å². The quantitative estimate of drug-likeness (QED) is 0.827. The molecule has 120 valence electrons. The van der Waals surface area contributed by atoms with Crippen LogP contribution in [0.15, 0.2) is 30.3 Å². The second-order valence-electron chi connectivity index (χ2n) is 6.45. The van der Waals surface area contributed by atoms with Gasteiger partial charge in [0.2, 0.25) is 15.9 Å². The topological polar surface area (TPSA) is 57.7 Å². The molecule has 1 spiro atoms. The average molecular weight is 322 g/mol. The Morgan fingerprint density at radius 3 is 2.27 bits per heavy atom. The third-order valence-corrected chi connectivity index (χ3v) is 6.55. The molecule has 0 radical (unpaired) electrons. The molecule has 22 heavy (non-hydrogen) atoms. The highest BCUT2D eigenvalue weighted by Gasteiger charge is 2.51. The second-order valence-corrected chi connectivity index (χ2v) is 8.43. The van der Waals surface area contributed by atoms with Gasteiger partial charge in [-0.05, 0) is 24.8 Å². The number of nitrogens with zero attached hydrogens (tertiary/aromatic N) is 2. The Labute approximate surface area is 132 Å². The third kappa shape index (κ3) is 2.54. The van der Waals surface area contributed by atoms with Gasteiger partial charge < -0.3 is 4.90 Å². The number of carbonyl (C=O) groups excluding carboxylic acids is 1. The van der Waals surface area contributed by atoms with Crippen LogP contribution in [0.1, 0.15) is 30.7 Å². The molecule has 0 aromatic heterocycles. The van der Waals surface area contributed by atoms with Gasteiger partial charge in [0.05, 0.1) is 12.2 Å². The number of hydrogen-bond acceptors (Lipinski definition) is 3. The van der Waals surface area contributed by atoms with Crippen LogP contribution in [0.4, 0.5) is 0 Å². The molecule has 1 atom stereocenters. The fraction of sp³-hybridized carbons (Fsp3) is 0.562. The van der Waals surface area contributed by atoms with E-state index in [0.717, 1.165) is 12.0 Å². The van der Waals surface area contributed by atoms with Crippen LogP contribution in [-0.2, 0) is 14.8 Å². The smallest absolute Gasteiger partial charge is 0.230 e. The molecule has 2 aliphatic heterocycles. The van der Waals surface area contributed by atoms with Gasteiger partial charge in [-0.3, -0.25) is 4.79 Å². The lowest BCUT2D eigenvalue weighted by Crippen LogP contribution is -2.52. The summed E-state index contributed by atoms with van der Waals surface area (Å²) in [5.74, 6) is 0.0509. The summed E-state index contributed by atoms with van der Waals surface area (Å²) in [4.78, 5) is 14.5. The molecular weight excluding hydrogens is 300 g/mol. The molecule has 0 N–H and O–H groups in total. The predicted molar refractivity (Wildman–Crippen MR) is 85.0 cm³/mol. The lowest BCUT2D eigenvalue weighted by molar-refractivity contribution is -0.131. The molecule has 6 heteroatoms. The van der Waals surface area contributed by atoms with Crippen molar-refractivity contribution in [2.45, 2.75) is 30.7 Å². The third-order valence-electron chi connectivity index (χ3n) is 5.25. The number of hydrogen-bond donors (Lipinski definition) is 0. The maximum Gasteiger partial charge on any atom is 0.230 e. The molecule has 1 aromatic carbocycles. The van der Waals surface area contributed by atoms with Crippen molar-refractivity contribution in [2.75, 3.05) is 26.4 Å². The molecule has 1 aromatic rings. The van der Waals surface area contributed by atoms with Crippen LogP contribution < -0.4 is 0 Å². The number of sulfonamides is 1. The number of benzene rings is 1. The fourth-order valence-corrected chi connectivity index (χ4v) is 4.64. The van der Waals surface area contributed by atoms with Crippen molar-refractivity contribution in [2.24, 2.45) is 0 Å². The van der Waals surface area contributed by atoms with Gasteiger partial charge in [-0.25, -0.2) is 12.7 Å². The molecule has 1 amide bonds. The monoisotopic (exact) mass is 322 g/mol. The molecule has 2 heterocycles. The highest BCUT2D eigenvalue weighted by atomic mass is 32.2. The van der Waals surface area contributed by atoms with Gasteiger partial charge in [0.1, 0.15) is 0 Å². The second kappa shape index (κ2) is 5.35. The Hall–Kier alpha value is -1.40. The van der Waals surface area contributed by atoms with Gasteiger partial charge >= 0.3 is 0 Å². The van der Waals surface area contributed by atoms with Crippen molar-refractivity contribution < 1.29 is 13.2 Å². The van der Waals surface area contributed by atoms with Gasteiger partial charge in [-0.1, -0.05) is 30.3 Å². The van der Waals surface area contributed by atoms with Crippen molar-refractivity contribution in [3.8, 4) is 0 Å². The molecule has 0 unspecified atom stereocenters. The van der Waals surface area contributed by atoms with Gasteiger partial charge in [-0.15, -0.1) is 0 Å². The first-order valence-corrected chi connectivity index (χ1v) is 9.46. The van der Waals surface area contributed by atoms with Crippen LogP contribution in [0, 0.1) is 0 Å². The van der Waals surface area contributed by atoms with E-state index in [2.05, 4.69) is 0 Å². The minimum absolute atomic E-state index is 0.101. The van der Waals surface area contributed by atoms with Crippen molar-refractivity contribution >= 4 is 15.9 Å². The number of carbonyl (C=O) groups is 1. The van der Waals surface area contributed by atoms with Crippen molar-refractivity contribution in [3.05, 3.63) is 35.9 Å². The summed E-state index contributed by atoms with van der Waals surface area (Å²) in [5.41, 5.74) is 0.862. The van der Waals surface area contributed by atoms with E-state index in [0.29, 0.717) is 25.9 Å². The minimum Gasteiger partial charge on any atom is -0.339 e. The van der Waals surface area contributed by atoms with Crippen LogP contribution >= 0.6 is 0 Å². The lowest BCUT2D eigenvalue weighted by Gasteiger charge is -2.42. The molecule has 2 saturated heterocycles. The van der Waals surface area contributed by atoms with E-state index in [4.69, 9.17) is 0 Å². The van der Waals surface area contributed by atoms with E-state index < -0.39 is 10.0 Å². The van der Waals surface area contributed by atoms with Crippen LogP contribution in [0.2, 0.25) is 0 Å². The van der Waals surface area contributed by atoms with E-state index in [1.807, 2.05) is 42.3 Å². The van der Waals surface area contributed by atoms with E-state index in [1.54, 1.807) is 0 Å². The average Bonchev–Trinajstić information content (AvgIpc) is 2.73. The number of amides is 1. The van der Waals surface area contributed by atoms with E-state index in [9.17, 15) is 13.2 Å². The first kappa shape index (κ1) is 15.5. The van der Waals surface area contributed by atoms with Crippen LogP contribution in [-0.4, -0.2) is 55.5 Å². The summed E-state index contributed by atoms with van der Waals surface area (Å²) in [6.45, 7) is 0.996. The number of likely N-dealkylation sites (tertiary alicyclic amines) is 1.